The van der Waals surface area contributed by atoms with Crippen molar-refractivity contribution in [2.75, 3.05) is 0 Å². The maximum atomic E-state index is 8.48. The van der Waals surface area contributed by atoms with Crippen molar-refractivity contribution in [1.82, 2.24) is 0 Å². The second-order valence-corrected chi connectivity index (χ2v) is 34.1. The van der Waals surface area contributed by atoms with Crippen LogP contribution in [-0.4, -0.2) is 4.82 Å². The van der Waals surface area contributed by atoms with Gasteiger partial charge in [0.1, 0.15) is 0 Å². The zero-order valence-electron chi connectivity index (χ0n) is 23.9. The first-order valence-corrected chi connectivity index (χ1v) is 25.6. The van der Waals surface area contributed by atoms with Crippen LogP contribution in [0.3, 0.4) is 0 Å². The molecule has 0 nitrogen and oxygen atoms in total. The fraction of sp³-hybridized carbons (Fsp3) is 0.105. The van der Waals surface area contributed by atoms with Crippen molar-refractivity contribution >= 4 is 39.5 Å². The van der Waals surface area contributed by atoms with Crippen molar-refractivity contribution in [2.24, 2.45) is 0 Å². The Balaban J connectivity index is 1.45. The van der Waals surface area contributed by atoms with E-state index in [9.17, 15) is 0 Å². The average molecular weight is 662 g/mol. The van der Waals surface area contributed by atoms with E-state index >= 15 is 0 Å². The zero-order chi connectivity index (χ0) is 28.9. The van der Waals surface area contributed by atoms with Gasteiger partial charge in [0.2, 0.25) is 0 Å². The summed E-state index contributed by atoms with van der Waals surface area (Å²) in [6.45, 7) is 4.50. The molecule has 7 rings (SSSR count). The van der Waals surface area contributed by atoms with Gasteiger partial charge in [-0.3, -0.25) is 0 Å². The number of hydrogen-bond donors (Lipinski definition) is 0. The summed E-state index contributed by atoms with van der Waals surface area (Å²) in [6, 6.07) is 45.4. The van der Waals surface area contributed by atoms with Gasteiger partial charge in [0, 0.05) is 0 Å². The zero-order valence-corrected chi connectivity index (χ0v) is 27.9. The van der Waals surface area contributed by atoms with E-state index in [1.54, 1.807) is 0 Å². The van der Waals surface area contributed by atoms with Gasteiger partial charge >= 0.3 is 260 Å². The molecule has 2 atom stereocenters. The van der Waals surface area contributed by atoms with Crippen molar-refractivity contribution in [2.45, 2.75) is 21.1 Å². The van der Waals surface area contributed by atoms with Gasteiger partial charge in [-0.2, -0.15) is 0 Å². The molecule has 0 amide bonds. The minimum atomic E-state index is -4.98. The summed E-state index contributed by atoms with van der Waals surface area (Å²) in [7, 11) is 17.0. The Hall–Kier alpha value is -2.89. The van der Waals surface area contributed by atoms with Crippen LogP contribution in [0.2, 0.25) is 0 Å². The van der Waals surface area contributed by atoms with Crippen LogP contribution >= 0.6 is 17.0 Å². The van der Waals surface area contributed by atoms with Crippen LogP contribution in [0, 0.1) is 0 Å². The Labute approximate surface area is 257 Å². The van der Waals surface area contributed by atoms with E-state index in [0.717, 1.165) is 0 Å². The van der Waals surface area contributed by atoms with Crippen LogP contribution in [0.4, 0.5) is 0 Å². The molecular weight excluding hydrogens is 629 g/mol. The molecule has 0 spiro atoms. The number of allylic oxidation sites excluding steroid dienone is 2. The Morgan fingerprint density at radius 1 is 0.500 bits per heavy atom. The molecule has 0 bridgehead atoms. The van der Waals surface area contributed by atoms with E-state index in [1.807, 2.05) is 0 Å². The minimum absolute atomic E-state index is 0.00618. The van der Waals surface area contributed by atoms with Crippen molar-refractivity contribution in [1.29, 1.82) is 0 Å². The first-order chi connectivity index (χ1) is 20.3. The Bertz CT molecular complexity index is 1750. The molecule has 42 heavy (non-hydrogen) atoms. The molecule has 0 N–H and O–H groups in total. The summed E-state index contributed by atoms with van der Waals surface area (Å²) < 4.78 is -0.0124. The van der Waals surface area contributed by atoms with Crippen molar-refractivity contribution in [3.8, 4) is 22.3 Å². The molecule has 0 heterocycles. The Kier molecular flexibility index (Phi) is 7.10. The van der Waals surface area contributed by atoms with Gasteiger partial charge in [0.05, 0.1) is 0 Å². The average Bonchev–Trinajstić information content (AvgIpc) is 3.55. The number of hydrogen-bond acceptors (Lipinski definition) is 0. The summed E-state index contributed by atoms with van der Waals surface area (Å²) in [5.74, 6) is 0. The fourth-order valence-corrected chi connectivity index (χ4v) is 30.1. The van der Waals surface area contributed by atoms with Gasteiger partial charge in [-0.15, -0.1) is 0 Å². The molecule has 205 valence electrons. The maximum absolute atomic E-state index is 8.48. The normalized spacial score (nSPS) is 18.3. The third-order valence-corrected chi connectivity index (χ3v) is 28.3. The number of halogens is 2. The predicted molar refractivity (Wildman–Crippen MR) is 181 cm³/mol. The van der Waals surface area contributed by atoms with Crippen molar-refractivity contribution in [3.63, 3.8) is 0 Å². The van der Waals surface area contributed by atoms with Crippen LogP contribution in [0.1, 0.15) is 43.4 Å². The summed E-state index contributed by atoms with van der Waals surface area (Å²) in [5, 5.41) is 0. The van der Waals surface area contributed by atoms with E-state index < -0.39 is 16.2 Å². The number of fused-ring (bicyclic) bond motifs is 2. The molecule has 0 radical (unpaired) electrons. The first kappa shape index (κ1) is 27.9. The monoisotopic (exact) mass is 659 g/mol. The molecule has 0 aromatic heterocycles. The Morgan fingerprint density at radius 2 is 0.905 bits per heavy atom. The third-order valence-electron chi connectivity index (χ3n) is 9.29. The van der Waals surface area contributed by atoms with Crippen LogP contribution < -0.4 is 5.46 Å². The van der Waals surface area contributed by atoms with Crippen LogP contribution in [0.5, 0.6) is 0 Å². The van der Waals surface area contributed by atoms with Gasteiger partial charge in [-0.25, -0.2) is 0 Å². The summed E-state index contributed by atoms with van der Waals surface area (Å²) in [4.78, 5) is 0.709. The predicted octanol–water partition coefficient (Wildman–Crippen LogP) is 10.3. The van der Waals surface area contributed by atoms with Gasteiger partial charge < -0.3 is 0 Å². The van der Waals surface area contributed by atoms with Gasteiger partial charge in [0.15, 0.2) is 0 Å². The molecular formula is C38H32BCl2Zr. The molecule has 0 aliphatic heterocycles. The van der Waals surface area contributed by atoms with Gasteiger partial charge in [0.25, 0.3) is 0 Å². The molecule has 5 aromatic rings. The first-order valence-electron chi connectivity index (χ1n) is 14.7. The van der Waals surface area contributed by atoms with E-state index in [0.29, 0.717) is 4.82 Å². The molecule has 2 aliphatic rings. The Morgan fingerprint density at radius 3 is 1.33 bits per heavy atom. The standard InChI is InChI=1S/2C16H13.C6H6B.2ClH.Zr/c2*1-12-10-14-8-5-9-15(16(14)11-12)13-6-3-2-4-7-13;7-6-4-2-1-3-5-6;;;/h2*2-11H,1H3;1-5,7H;2*1H;/q;;+1;;;+1/p-2. The SMILES string of the molecule is CC1=Cc2c(-c3ccccc3)cccc2[CH]1[Zr]([Cl])([Cl])([BH]c1ccccc1)[CH]1C(C)=Cc2c(-c3ccccc3)cccc21. The summed E-state index contributed by atoms with van der Waals surface area (Å²) in [6.07, 6.45) is 4.72. The van der Waals surface area contributed by atoms with E-state index in [-0.39, 0.29) is 7.25 Å². The molecule has 5 aromatic carbocycles. The van der Waals surface area contributed by atoms with Gasteiger partial charge in [-0.1, -0.05) is 0 Å². The molecule has 2 aliphatic carbocycles. The van der Waals surface area contributed by atoms with Gasteiger partial charge in [-0.05, 0) is 0 Å². The summed E-state index contributed by atoms with van der Waals surface area (Å²) in [5.41, 5.74) is 13.8. The molecule has 2 unspecified atom stereocenters. The number of benzene rings is 5. The van der Waals surface area contributed by atoms with E-state index in [4.69, 9.17) is 17.0 Å². The molecule has 0 fully saturated rings. The van der Waals surface area contributed by atoms with Crippen molar-refractivity contribution < 1.29 is 16.2 Å². The fourth-order valence-electron chi connectivity index (χ4n) is 7.76. The van der Waals surface area contributed by atoms with Crippen LogP contribution in [0.15, 0.2) is 139 Å². The third kappa shape index (κ3) is 4.55. The number of rotatable bonds is 6. The second kappa shape index (κ2) is 10.7. The van der Waals surface area contributed by atoms with Crippen LogP contribution in [-0.2, 0) is 16.2 Å². The molecule has 0 saturated carbocycles. The molecule has 0 saturated heterocycles. The topological polar surface area (TPSA) is 0 Å². The van der Waals surface area contributed by atoms with Crippen molar-refractivity contribution in [3.05, 3.63) is 161 Å². The molecule has 4 heteroatoms. The quantitative estimate of drug-likeness (QED) is 0.159. The van der Waals surface area contributed by atoms with E-state index in [1.165, 1.54) is 61.1 Å². The van der Waals surface area contributed by atoms with Crippen LogP contribution in [0.25, 0.3) is 34.4 Å². The van der Waals surface area contributed by atoms with E-state index in [2.05, 4.69) is 153 Å². The summed E-state index contributed by atoms with van der Waals surface area (Å²) >= 11 is -4.98. The second-order valence-electron chi connectivity index (χ2n) is 12.0.